The van der Waals surface area contributed by atoms with Crippen molar-refractivity contribution in [3.8, 4) is 17.4 Å². The summed E-state index contributed by atoms with van der Waals surface area (Å²) in [6.45, 7) is 0. The van der Waals surface area contributed by atoms with Gasteiger partial charge in [-0.1, -0.05) is 75.7 Å². The molecule has 0 unspecified atom stereocenters. The lowest BCUT2D eigenvalue weighted by molar-refractivity contribution is 0.0683. The fraction of sp³-hybridized carbons (Fsp3) is 0.125. The van der Waals surface area contributed by atoms with Crippen LogP contribution in [0.25, 0.3) is 11.3 Å². The first-order valence-corrected chi connectivity index (χ1v) is 16.0. The van der Waals surface area contributed by atoms with Crippen LogP contribution in [0.3, 0.4) is 0 Å². The molecule has 0 bridgehead atoms. The van der Waals surface area contributed by atoms with Gasteiger partial charge in [0.05, 0.1) is 31.0 Å². The number of nitrogens with one attached hydrogen (secondary N) is 2. The maximum Gasteiger partial charge on any atom is 0.375 e. The van der Waals surface area contributed by atoms with Crippen molar-refractivity contribution in [3.63, 3.8) is 0 Å². The van der Waals surface area contributed by atoms with E-state index in [2.05, 4.69) is 30.4 Å². The van der Waals surface area contributed by atoms with Crippen molar-refractivity contribution in [1.82, 2.24) is 38.8 Å². The highest BCUT2D eigenvalue weighted by molar-refractivity contribution is 7.90. The summed E-state index contributed by atoms with van der Waals surface area (Å²) in [6, 6.07) is 9.61. The Morgan fingerprint density at radius 1 is 0.936 bits per heavy atom. The quantitative estimate of drug-likeness (QED) is 0.177. The third kappa shape index (κ3) is 8.55. The van der Waals surface area contributed by atoms with Gasteiger partial charge in [-0.2, -0.15) is 18.4 Å². The molecule has 4 heterocycles. The number of alkyl halides is 3. The summed E-state index contributed by atoms with van der Waals surface area (Å²) in [4.78, 5) is 38.5. The average Bonchev–Trinajstić information content (AvgIpc) is 3.59. The number of fused-ring (bicyclic) bond motifs is 1. The number of anilines is 1. The molecule has 4 aromatic heterocycles. The molecule has 0 aliphatic rings. The summed E-state index contributed by atoms with van der Waals surface area (Å²) in [5.41, 5.74) is 0.599. The second-order valence-electron chi connectivity index (χ2n) is 8.54. The molecule has 0 spiro atoms. The van der Waals surface area contributed by atoms with Gasteiger partial charge in [-0.15, -0.1) is 5.10 Å². The Kier molecular flexibility index (Phi) is 11.1. The van der Waals surface area contributed by atoms with E-state index in [0.29, 0.717) is 10.7 Å². The number of aromatic nitrogens is 7. The number of pyridine rings is 1. The highest BCUT2D eigenvalue weighted by Gasteiger charge is 2.33. The minimum Gasteiger partial charge on any atom is -0.481 e. The molecule has 0 atom stereocenters. The van der Waals surface area contributed by atoms with E-state index < -0.39 is 31.6 Å². The molecule has 23 heteroatoms. The van der Waals surface area contributed by atoms with E-state index in [1.165, 1.54) is 49.1 Å². The van der Waals surface area contributed by atoms with Crippen molar-refractivity contribution >= 4 is 103 Å². The van der Waals surface area contributed by atoms with Crippen molar-refractivity contribution in [2.45, 2.75) is 8.82 Å². The number of urea groups is 1. The minimum atomic E-state index is -4.34. The van der Waals surface area contributed by atoms with Gasteiger partial charge in [-0.05, 0) is 30.3 Å². The molecule has 248 valence electrons. The van der Waals surface area contributed by atoms with Gasteiger partial charge in [0.15, 0.2) is 16.0 Å². The molecule has 5 rings (SSSR count). The Hall–Kier alpha value is -3.84. The summed E-state index contributed by atoms with van der Waals surface area (Å²) in [5, 5.41) is 14.8. The number of carbonyl (C=O) groups excluding carboxylic acids is 1. The molecule has 2 amide bonds. The summed E-state index contributed by atoms with van der Waals surface area (Å²) in [5.74, 6) is -2.05. The summed E-state index contributed by atoms with van der Waals surface area (Å²) in [6.07, 6.45) is 1.46. The lowest BCUT2D eigenvalue weighted by Gasteiger charge is -2.12. The van der Waals surface area contributed by atoms with Crippen molar-refractivity contribution in [2.24, 2.45) is 0 Å². The van der Waals surface area contributed by atoms with E-state index in [4.69, 9.17) is 84.2 Å². The van der Waals surface area contributed by atoms with E-state index >= 15 is 0 Å². The number of carbonyl (C=O) groups is 2. The van der Waals surface area contributed by atoms with Gasteiger partial charge in [-0.25, -0.2) is 29.0 Å². The number of aromatic carboxylic acids is 1. The van der Waals surface area contributed by atoms with Crippen LogP contribution in [0, 0.1) is 0 Å². The molecular formula is C24H17Cl6N9O7S. The molecule has 0 radical (unpaired) electrons. The van der Waals surface area contributed by atoms with Gasteiger partial charge in [0.25, 0.3) is 15.8 Å². The number of nitrogens with zero attached hydrogens (tertiary/aromatic N) is 7. The predicted molar refractivity (Wildman–Crippen MR) is 172 cm³/mol. The first-order chi connectivity index (χ1) is 22.0. The van der Waals surface area contributed by atoms with Gasteiger partial charge < -0.3 is 14.6 Å². The van der Waals surface area contributed by atoms with Crippen LogP contribution in [0.2, 0.25) is 15.2 Å². The number of ether oxygens (including phenoxy) is 2. The van der Waals surface area contributed by atoms with Crippen molar-refractivity contribution < 1.29 is 32.6 Å². The van der Waals surface area contributed by atoms with E-state index in [9.17, 15) is 18.0 Å². The van der Waals surface area contributed by atoms with Gasteiger partial charge >= 0.3 is 12.0 Å². The van der Waals surface area contributed by atoms with Gasteiger partial charge in [0, 0.05) is 11.2 Å². The molecule has 3 N–H and O–H groups in total. The third-order valence-corrected chi connectivity index (χ3v) is 8.21. The number of sulfonamides is 1. The van der Waals surface area contributed by atoms with Crippen LogP contribution in [-0.4, -0.2) is 73.9 Å². The zero-order valence-electron chi connectivity index (χ0n) is 23.3. The number of carboxylic acid groups (broad SMARTS) is 1. The average molecular weight is 788 g/mol. The fourth-order valence-corrected chi connectivity index (χ4v) is 5.97. The van der Waals surface area contributed by atoms with Crippen LogP contribution in [0.15, 0.2) is 53.7 Å². The number of hydrogen-bond donors (Lipinski definition) is 3. The van der Waals surface area contributed by atoms with E-state index in [1.54, 1.807) is 18.2 Å². The maximum atomic E-state index is 12.6. The van der Waals surface area contributed by atoms with Crippen LogP contribution in [0.1, 0.15) is 16.4 Å². The molecule has 0 saturated carbocycles. The zero-order valence-corrected chi connectivity index (χ0v) is 28.7. The molecular weight excluding hydrogens is 771 g/mol. The molecule has 1 aromatic carbocycles. The lowest BCUT2D eigenvalue weighted by Crippen LogP contribution is -2.35. The van der Waals surface area contributed by atoms with Crippen LogP contribution < -0.4 is 19.5 Å². The first kappa shape index (κ1) is 36.0. The Morgan fingerprint density at radius 2 is 1.60 bits per heavy atom. The number of amides is 2. The third-order valence-electron chi connectivity index (χ3n) is 5.44. The highest BCUT2D eigenvalue weighted by atomic mass is 35.6. The number of methoxy groups -OCH3 is 2. The van der Waals surface area contributed by atoms with Crippen molar-refractivity contribution in [3.05, 3.63) is 75.5 Å². The molecule has 16 nitrogen and oxygen atoms in total. The van der Waals surface area contributed by atoms with Gasteiger partial charge in [0.1, 0.15) is 5.65 Å². The topological polar surface area (TPSA) is 205 Å². The Labute approximate surface area is 294 Å². The normalized spacial score (nSPS) is 11.4. The number of rotatable bonds is 7. The summed E-state index contributed by atoms with van der Waals surface area (Å²) >= 11 is 35.0. The minimum absolute atomic E-state index is 0.116. The standard InChI is InChI=1S/C14H13ClN6O5S.C10H4Cl5N3O2/c1-25-9-7-10(26-2)18-13(17-9)19-14(22)20-27(23,24)12-11(15)16-8-5-3-4-6-21(8)12;11-4-1-2-6(5(12)3-4)18-9(10(13,14)15)16-7(17-18)8(19)20/h3-7H,1-2H3,(H2,17,18,19,20,22);1-3H,(H,19,20). The molecule has 0 saturated heterocycles. The van der Waals surface area contributed by atoms with E-state index in [1.807, 2.05) is 4.72 Å². The van der Waals surface area contributed by atoms with Crippen molar-refractivity contribution in [1.29, 1.82) is 0 Å². The number of benzene rings is 1. The second kappa shape index (κ2) is 14.5. The number of hydrogen-bond acceptors (Lipinski definition) is 11. The largest absolute Gasteiger partial charge is 0.481 e. The van der Waals surface area contributed by atoms with E-state index in [-0.39, 0.29) is 44.4 Å². The number of imidazole rings is 1. The smallest absolute Gasteiger partial charge is 0.375 e. The fourth-order valence-electron chi connectivity index (χ4n) is 3.56. The monoisotopic (exact) mass is 785 g/mol. The first-order valence-electron chi connectivity index (χ1n) is 12.2. The summed E-state index contributed by atoms with van der Waals surface area (Å²) in [7, 11) is -1.61. The molecule has 0 fully saturated rings. The number of carboxylic acids is 1. The second-order valence-corrected chi connectivity index (χ2v) is 13.6. The Balaban J connectivity index is 0.000000223. The predicted octanol–water partition coefficient (Wildman–Crippen LogP) is 5.40. The SMILES string of the molecule is COc1cc(OC)nc(NC(=O)NS(=O)(=O)c2c(Cl)nc3ccccn23)n1.O=C(O)c1nc(C(Cl)(Cl)Cl)n(-c2ccc(Cl)cc2Cl)n1. The Bertz CT molecular complexity index is 2070. The van der Waals surface area contributed by atoms with Crippen LogP contribution in [0.4, 0.5) is 10.7 Å². The maximum absolute atomic E-state index is 12.6. The molecule has 47 heavy (non-hydrogen) atoms. The van der Waals surface area contributed by atoms with E-state index in [0.717, 1.165) is 4.68 Å². The number of halogens is 6. The molecule has 5 aromatic rings. The molecule has 0 aliphatic carbocycles. The van der Waals surface area contributed by atoms with Gasteiger partial charge in [0.2, 0.25) is 21.5 Å². The zero-order chi connectivity index (χ0) is 34.7. The molecule has 0 aliphatic heterocycles. The van der Waals surface area contributed by atoms with Crippen molar-refractivity contribution in [2.75, 3.05) is 19.5 Å². The van der Waals surface area contributed by atoms with Crippen LogP contribution in [-0.2, 0) is 13.8 Å². The van der Waals surface area contributed by atoms with Gasteiger partial charge in [-0.3, -0.25) is 9.72 Å². The lowest BCUT2D eigenvalue weighted by atomic mass is 10.3. The summed E-state index contributed by atoms with van der Waals surface area (Å²) < 4.78 is 37.2. The van der Waals surface area contributed by atoms with Crippen LogP contribution in [0.5, 0.6) is 11.8 Å². The highest BCUT2D eigenvalue weighted by Crippen LogP contribution is 2.39. The van der Waals surface area contributed by atoms with Crippen LogP contribution >= 0.6 is 69.6 Å². The Morgan fingerprint density at radius 3 is 2.17 bits per heavy atom.